The second kappa shape index (κ2) is 9.41. The Bertz CT molecular complexity index is 1100. The number of hydrogen-bond donors (Lipinski definition) is 0. The molecule has 168 valence electrons. The first-order valence-electron chi connectivity index (χ1n) is 9.80. The topological polar surface area (TPSA) is 54.3 Å². The Morgan fingerprint density at radius 1 is 1.03 bits per heavy atom. The van der Waals surface area contributed by atoms with E-state index in [-0.39, 0.29) is 11.7 Å². The van der Waals surface area contributed by atoms with Crippen LogP contribution in [0.4, 0.5) is 18.9 Å². The molecule has 1 fully saturated rings. The maximum Gasteiger partial charge on any atom is 0.416 e. The summed E-state index contributed by atoms with van der Waals surface area (Å²) in [5.41, 5.74) is 0.636. The van der Waals surface area contributed by atoms with Gasteiger partial charge < -0.3 is 9.80 Å². The van der Waals surface area contributed by atoms with E-state index >= 15 is 0 Å². The molecule has 0 radical (unpaired) electrons. The zero-order valence-electron chi connectivity index (χ0n) is 16.8. The van der Waals surface area contributed by atoms with Gasteiger partial charge in [0, 0.05) is 36.9 Å². The summed E-state index contributed by atoms with van der Waals surface area (Å²) in [4.78, 5) is 16.3. The summed E-state index contributed by atoms with van der Waals surface area (Å²) in [6.07, 6.45) is -2.82. The van der Waals surface area contributed by atoms with Crippen LogP contribution in [0.3, 0.4) is 0 Å². The summed E-state index contributed by atoms with van der Waals surface area (Å²) in [7, 11) is 0. The minimum absolute atomic E-state index is 0.0562. The highest BCUT2D eigenvalue weighted by Crippen LogP contribution is 2.32. The van der Waals surface area contributed by atoms with Gasteiger partial charge in [-0.05, 0) is 36.4 Å². The number of rotatable bonds is 5. The van der Waals surface area contributed by atoms with Gasteiger partial charge >= 0.3 is 6.18 Å². The quantitative estimate of drug-likeness (QED) is 0.506. The van der Waals surface area contributed by atoms with Gasteiger partial charge in [0.2, 0.25) is 5.91 Å². The summed E-state index contributed by atoms with van der Waals surface area (Å²) in [6.45, 7) is 1.82. The molecule has 3 aromatic rings. The van der Waals surface area contributed by atoms with Gasteiger partial charge in [0.25, 0.3) is 0 Å². The number of anilines is 1. The lowest BCUT2D eigenvalue weighted by molar-refractivity contribution is -0.137. The van der Waals surface area contributed by atoms with Crippen molar-refractivity contribution < 1.29 is 18.0 Å². The molecule has 1 aliphatic rings. The molecule has 0 N–H and O–H groups in total. The van der Waals surface area contributed by atoms with Crippen LogP contribution in [0.5, 0.6) is 0 Å². The van der Waals surface area contributed by atoms with Gasteiger partial charge in [-0.15, -0.1) is 10.2 Å². The number of thioether (sulfide) groups is 1. The molecule has 0 spiro atoms. The molecule has 2 heterocycles. The van der Waals surface area contributed by atoms with Crippen molar-refractivity contribution in [1.29, 1.82) is 0 Å². The summed E-state index contributed by atoms with van der Waals surface area (Å²) in [5.74, 6) is 0.127. The van der Waals surface area contributed by atoms with E-state index in [1.165, 1.54) is 17.8 Å². The van der Waals surface area contributed by atoms with Crippen LogP contribution in [0.25, 0.3) is 5.69 Å². The zero-order chi connectivity index (χ0) is 22.7. The van der Waals surface area contributed by atoms with E-state index in [1.54, 1.807) is 34.0 Å². The van der Waals surface area contributed by atoms with Gasteiger partial charge in [-0.25, -0.2) is 0 Å². The molecule has 0 bridgehead atoms. The van der Waals surface area contributed by atoms with E-state index < -0.39 is 11.7 Å². The Kier molecular flexibility index (Phi) is 6.61. The molecule has 0 aliphatic carbocycles. The predicted molar refractivity (Wildman–Crippen MR) is 117 cm³/mol. The zero-order valence-corrected chi connectivity index (χ0v) is 18.4. The van der Waals surface area contributed by atoms with Crippen LogP contribution in [0, 0.1) is 0 Å². The van der Waals surface area contributed by atoms with Crippen LogP contribution in [-0.2, 0) is 11.0 Å². The largest absolute Gasteiger partial charge is 0.416 e. The average Bonchev–Trinajstić information content (AvgIpc) is 3.26. The van der Waals surface area contributed by atoms with Crippen molar-refractivity contribution in [2.24, 2.45) is 0 Å². The Morgan fingerprint density at radius 2 is 1.75 bits per heavy atom. The summed E-state index contributed by atoms with van der Waals surface area (Å²) < 4.78 is 40.7. The van der Waals surface area contributed by atoms with Gasteiger partial charge in [-0.2, -0.15) is 13.2 Å². The highest BCUT2D eigenvalue weighted by atomic mass is 35.5. The van der Waals surface area contributed by atoms with E-state index in [9.17, 15) is 18.0 Å². The Labute approximate surface area is 192 Å². The highest BCUT2D eigenvalue weighted by Gasteiger charge is 2.31. The fraction of sp³-hybridized carbons (Fsp3) is 0.286. The number of hydrogen-bond acceptors (Lipinski definition) is 5. The van der Waals surface area contributed by atoms with Crippen LogP contribution in [0.1, 0.15) is 5.56 Å². The number of piperazine rings is 1. The molecule has 32 heavy (non-hydrogen) atoms. The molecule has 1 aliphatic heterocycles. The van der Waals surface area contributed by atoms with Gasteiger partial charge in [0.1, 0.15) is 6.33 Å². The maximum atomic E-state index is 13.0. The molecule has 0 atom stereocenters. The minimum Gasteiger partial charge on any atom is -0.368 e. The smallest absolute Gasteiger partial charge is 0.368 e. The first-order valence-corrected chi connectivity index (χ1v) is 11.2. The lowest BCUT2D eigenvalue weighted by atomic mass is 10.1. The molecule has 0 saturated carbocycles. The molecule has 1 saturated heterocycles. The van der Waals surface area contributed by atoms with Crippen LogP contribution in [-0.4, -0.2) is 57.5 Å². The van der Waals surface area contributed by atoms with E-state index in [4.69, 9.17) is 11.6 Å². The summed E-state index contributed by atoms with van der Waals surface area (Å²) in [5, 5.41) is 9.16. The third-order valence-corrected chi connectivity index (χ3v) is 6.26. The second-order valence-electron chi connectivity index (χ2n) is 7.17. The standard InChI is InChI=1S/C21H19ClF3N5OS/c22-16-4-2-6-18(12-16)30-14-26-27-20(30)32-13-19(31)29-9-7-28(8-10-29)17-5-1-3-15(11-17)21(23,24)25/h1-6,11-12,14H,7-10,13H2. The van der Waals surface area contributed by atoms with Crippen molar-refractivity contribution in [2.45, 2.75) is 11.3 Å². The molecule has 6 nitrogen and oxygen atoms in total. The van der Waals surface area contributed by atoms with Crippen LogP contribution in [0.2, 0.25) is 5.02 Å². The first-order chi connectivity index (χ1) is 15.3. The van der Waals surface area contributed by atoms with Gasteiger partial charge in [0.15, 0.2) is 5.16 Å². The van der Waals surface area contributed by atoms with Crippen molar-refractivity contribution in [1.82, 2.24) is 19.7 Å². The Balaban J connectivity index is 1.33. The lowest BCUT2D eigenvalue weighted by Crippen LogP contribution is -2.49. The van der Waals surface area contributed by atoms with Crippen molar-refractivity contribution >= 4 is 35.0 Å². The average molecular weight is 482 g/mol. The number of nitrogens with zero attached hydrogens (tertiary/aromatic N) is 5. The Hall–Kier alpha value is -2.72. The van der Waals surface area contributed by atoms with E-state index in [0.29, 0.717) is 42.0 Å². The van der Waals surface area contributed by atoms with Crippen LogP contribution >= 0.6 is 23.4 Å². The van der Waals surface area contributed by atoms with Gasteiger partial charge in [-0.1, -0.05) is 35.5 Å². The second-order valence-corrected chi connectivity index (χ2v) is 8.55. The lowest BCUT2D eigenvalue weighted by Gasteiger charge is -2.36. The van der Waals surface area contributed by atoms with E-state index in [0.717, 1.165) is 17.8 Å². The molecule has 1 aromatic heterocycles. The number of benzene rings is 2. The molecule has 2 aromatic carbocycles. The normalized spacial score (nSPS) is 14.6. The molecule has 0 unspecified atom stereocenters. The third-order valence-electron chi connectivity index (χ3n) is 5.10. The fourth-order valence-corrected chi connectivity index (χ4v) is 4.45. The Morgan fingerprint density at radius 3 is 2.47 bits per heavy atom. The van der Waals surface area contributed by atoms with Gasteiger partial charge in [-0.3, -0.25) is 9.36 Å². The van der Waals surface area contributed by atoms with Gasteiger partial charge in [0.05, 0.1) is 17.0 Å². The van der Waals surface area contributed by atoms with Crippen LogP contribution < -0.4 is 4.90 Å². The van der Waals surface area contributed by atoms with Crippen molar-refractivity contribution in [3.63, 3.8) is 0 Å². The van der Waals surface area contributed by atoms with E-state index in [1.807, 2.05) is 17.0 Å². The number of carbonyl (C=O) groups is 1. The summed E-state index contributed by atoms with van der Waals surface area (Å²) >= 11 is 7.32. The first kappa shape index (κ1) is 22.5. The number of halogens is 4. The summed E-state index contributed by atoms with van der Waals surface area (Å²) in [6, 6.07) is 12.5. The molecule has 1 amide bonds. The molecule has 11 heteroatoms. The van der Waals surface area contributed by atoms with Crippen molar-refractivity contribution in [3.05, 3.63) is 65.4 Å². The predicted octanol–water partition coefficient (Wildman–Crippen LogP) is 4.38. The molecular weight excluding hydrogens is 463 g/mol. The number of amides is 1. The maximum absolute atomic E-state index is 13.0. The number of carbonyl (C=O) groups excluding carboxylic acids is 1. The molecular formula is C21H19ClF3N5OS. The number of aromatic nitrogens is 3. The third kappa shape index (κ3) is 5.18. The van der Waals surface area contributed by atoms with E-state index in [2.05, 4.69) is 10.2 Å². The monoisotopic (exact) mass is 481 g/mol. The number of alkyl halides is 3. The van der Waals surface area contributed by atoms with Crippen molar-refractivity contribution in [2.75, 3.05) is 36.8 Å². The highest BCUT2D eigenvalue weighted by molar-refractivity contribution is 7.99. The SMILES string of the molecule is O=C(CSc1nncn1-c1cccc(Cl)c1)N1CCN(c2cccc(C(F)(F)F)c2)CC1. The minimum atomic E-state index is -4.38. The fourth-order valence-electron chi connectivity index (χ4n) is 3.44. The molecule has 4 rings (SSSR count). The van der Waals surface area contributed by atoms with Crippen LogP contribution in [0.15, 0.2) is 60.0 Å². The van der Waals surface area contributed by atoms with Crippen molar-refractivity contribution in [3.8, 4) is 5.69 Å².